The Labute approximate surface area is 101 Å². The predicted octanol–water partition coefficient (Wildman–Crippen LogP) is 3.12. The highest BCUT2D eigenvalue weighted by molar-refractivity contribution is 5.70. The Balaban J connectivity index is 2.09. The van der Waals surface area contributed by atoms with E-state index >= 15 is 0 Å². The molecule has 0 N–H and O–H groups in total. The van der Waals surface area contributed by atoms with Gasteiger partial charge in [0.25, 0.3) is 0 Å². The quantitative estimate of drug-likeness (QED) is 0.432. The molecule has 1 fully saturated rings. The third kappa shape index (κ3) is 6.14. The van der Waals surface area contributed by atoms with E-state index in [1.54, 1.807) is 0 Å². The van der Waals surface area contributed by atoms with Crippen molar-refractivity contribution < 1.29 is 24.1 Å². The molecule has 0 spiro atoms. The minimum Gasteiger partial charge on any atom is -0.428 e. The van der Waals surface area contributed by atoms with Crippen molar-refractivity contribution >= 4 is 12.1 Å². The van der Waals surface area contributed by atoms with Gasteiger partial charge >= 0.3 is 12.1 Å². The van der Waals surface area contributed by atoms with E-state index in [2.05, 4.69) is 9.78 Å². The Morgan fingerprint density at radius 2 is 1.82 bits per heavy atom. The summed E-state index contributed by atoms with van der Waals surface area (Å²) in [5, 5.41) is 0. The molecule has 1 saturated carbocycles. The van der Waals surface area contributed by atoms with Gasteiger partial charge in [0, 0.05) is 0 Å². The lowest BCUT2D eigenvalue weighted by Crippen LogP contribution is -2.22. The normalized spacial score (nSPS) is 16.3. The van der Waals surface area contributed by atoms with E-state index in [0.29, 0.717) is 0 Å². The van der Waals surface area contributed by atoms with E-state index in [-0.39, 0.29) is 12.5 Å². The Bertz CT molecular complexity index is 245. The van der Waals surface area contributed by atoms with Crippen LogP contribution in [-0.4, -0.2) is 18.2 Å². The molecular formula is C12H20O5. The summed E-state index contributed by atoms with van der Waals surface area (Å²) in [5.74, 6) is -0.535. The third-order valence-corrected chi connectivity index (χ3v) is 2.75. The second kappa shape index (κ2) is 7.92. The average Bonchev–Trinajstić information content (AvgIpc) is 2.35. The van der Waals surface area contributed by atoms with Gasteiger partial charge in [-0.15, -0.1) is 0 Å². The van der Waals surface area contributed by atoms with Crippen molar-refractivity contribution in [3.63, 3.8) is 0 Å². The molecule has 98 valence electrons. The van der Waals surface area contributed by atoms with Crippen molar-refractivity contribution in [2.45, 2.75) is 64.4 Å². The van der Waals surface area contributed by atoms with Crippen molar-refractivity contribution in [3.8, 4) is 0 Å². The summed E-state index contributed by atoms with van der Waals surface area (Å²) in [4.78, 5) is 30.8. The van der Waals surface area contributed by atoms with E-state index in [0.717, 1.165) is 38.5 Å². The highest BCUT2D eigenvalue weighted by atomic mass is 17.2. The molecule has 0 heterocycles. The monoisotopic (exact) mass is 244 g/mol. The maximum Gasteiger partial charge on any atom is 0.550 e. The zero-order chi connectivity index (χ0) is 12.5. The number of ether oxygens (including phenoxy) is 1. The molecule has 0 unspecified atom stereocenters. The molecule has 0 saturated heterocycles. The second-order valence-corrected chi connectivity index (χ2v) is 4.27. The molecule has 1 rings (SSSR count). The summed E-state index contributed by atoms with van der Waals surface area (Å²) < 4.78 is 5.01. The standard InChI is InChI=1S/C12H20O5/c1-2-3-9-11(13)16-17-12(14)15-10-7-5-4-6-8-10/h10H,2-9H2,1H3. The van der Waals surface area contributed by atoms with Gasteiger partial charge in [-0.3, -0.25) is 0 Å². The fraction of sp³-hybridized carbons (Fsp3) is 0.833. The molecule has 5 nitrogen and oxygen atoms in total. The van der Waals surface area contributed by atoms with Gasteiger partial charge in [0.05, 0.1) is 6.42 Å². The number of hydrogen-bond acceptors (Lipinski definition) is 5. The second-order valence-electron chi connectivity index (χ2n) is 4.27. The smallest absolute Gasteiger partial charge is 0.428 e. The Morgan fingerprint density at radius 1 is 1.12 bits per heavy atom. The van der Waals surface area contributed by atoms with Crippen LogP contribution in [0.3, 0.4) is 0 Å². The zero-order valence-electron chi connectivity index (χ0n) is 10.3. The topological polar surface area (TPSA) is 61.8 Å². The summed E-state index contributed by atoms with van der Waals surface area (Å²) in [5.41, 5.74) is 0. The molecule has 0 bridgehead atoms. The zero-order valence-corrected chi connectivity index (χ0v) is 10.3. The molecular weight excluding hydrogens is 224 g/mol. The van der Waals surface area contributed by atoms with Crippen LogP contribution in [-0.2, 0) is 19.3 Å². The van der Waals surface area contributed by atoms with Crippen molar-refractivity contribution in [2.75, 3.05) is 0 Å². The Morgan fingerprint density at radius 3 is 2.47 bits per heavy atom. The van der Waals surface area contributed by atoms with Crippen LogP contribution in [0.25, 0.3) is 0 Å². The van der Waals surface area contributed by atoms with Gasteiger partial charge in [-0.05, 0) is 32.1 Å². The molecule has 0 aromatic rings. The number of hydrogen-bond donors (Lipinski definition) is 0. The highest BCUT2D eigenvalue weighted by Gasteiger charge is 2.20. The summed E-state index contributed by atoms with van der Waals surface area (Å²) in [6.07, 6.45) is 5.89. The SMILES string of the molecule is CCCCC(=O)OOC(=O)OC1CCCCC1. The van der Waals surface area contributed by atoms with E-state index in [1.807, 2.05) is 6.92 Å². The van der Waals surface area contributed by atoms with Gasteiger partial charge in [-0.25, -0.2) is 14.6 Å². The molecule has 0 amide bonds. The van der Waals surface area contributed by atoms with Crippen LogP contribution in [0.5, 0.6) is 0 Å². The lowest BCUT2D eigenvalue weighted by Gasteiger charge is -2.20. The van der Waals surface area contributed by atoms with Crippen LogP contribution in [0.2, 0.25) is 0 Å². The molecule has 1 aliphatic rings. The third-order valence-electron chi connectivity index (χ3n) is 2.75. The minimum absolute atomic E-state index is 0.0920. The molecule has 0 aromatic heterocycles. The van der Waals surface area contributed by atoms with Crippen molar-refractivity contribution in [1.29, 1.82) is 0 Å². The van der Waals surface area contributed by atoms with Crippen molar-refractivity contribution in [1.82, 2.24) is 0 Å². The van der Waals surface area contributed by atoms with Crippen LogP contribution >= 0.6 is 0 Å². The molecule has 5 heteroatoms. The van der Waals surface area contributed by atoms with E-state index in [4.69, 9.17) is 4.74 Å². The number of carbonyl (C=O) groups excluding carboxylic acids is 2. The molecule has 0 aliphatic heterocycles. The van der Waals surface area contributed by atoms with Gasteiger partial charge in [0.2, 0.25) is 0 Å². The van der Waals surface area contributed by atoms with Crippen molar-refractivity contribution in [3.05, 3.63) is 0 Å². The van der Waals surface area contributed by atoms with E-state index in [1.165, 1.54) is 6.42 Å². The first-order valence-corrected chi connectivity index (χ1v) is 6.30. The van der Waals surface area contributed by atoms with Crippen LogP contribution < -0.4 is 0 Å². The molecule has 0 radical (unpaired) electrons. The summed E-state index contributed by atoms with van der Waals surface area (Å²) in [6.45, 7) is 1.96. The van der Waals surface area contributed by atoms with E-state index < -0.39 is 12.1 Å². The van der Waals surface area contributed by atoms with Crippen LogP contribution in [0.4, 0.5) is 4.79 Å². The van der Waals surface area contributed by atoms with Crippen molar-refractivity contribution in [2.24, 2.45) is 0 Å². The largest absolute Gasteiger partial charge is 0.550 e. The first kappa shape index (κ1) is 13.8. The molecule has 0 atom stereocenters. The summed E-state index contributed by atoms with van der Waals surface area (Å²) >= 11 is 0. The minimum atomic E-state index is -0.915. The van der Waals surface area contributed by atoms with Crippen LogP contribution in [0.1, 0.15) is 58.3 Å². The average molecular weight is 244 g/mol. The first-order valence-electron chi connectivity index (χ1n) is 6.30. The number of rotatable bonds is 4. The first-order chi connectivity index (χ1) is 8.22. The number of unbranched alkanes of at least 4 members (excludes halogenated alkanes) is 1. The molecule has 1 aliphatic carbocycles. The Hall–Kier alpha value is -1.26. The fourth-order valence-corrected chi connectivity index (χ4v) is 1.78. The maximum absolute atomic E-state index is 11.2. The summed E-state index contributed by atoms with van der Waals surface area (Å²) in [7, 11) is 0. The highest BCUT2D eigenvalue weighted by Crippen LogP contribution is 2.20. The number of carbonyl (C=O) groups is 2. The Kier molecular flexibility index (Phi) is 6.43. The lowest BCUT2D eigenvalue weighted by molar-refractivity contribution is -0.246. The van der Waals surface area contributed by atoms with Crippen LogP contribution in [0.15, 0.2) is 0 Å². The molecule has 17 heavy (non-hydrogen) atoms. The summed E-state index contributed by atoms with van der Waals surface area (Å²) in [6, 6.07) is 0. The van der Waals surface area contributed by atoms with Gasteiger partial charge in [0.15, 0.2) is 0 Å². The van der Waals surface area contributed by atoms with Gasteiger partial charge < -0.3 is 4.74 Å². The van der Waals surface area contributed by atoms with Gasteiger partial charge in [-0.2, -0.15) is 4.79 Å². The molecule has 0 aromatic carbocycles. The van der Waals surface area contributed by atoms with Gasteiger partial charge in [0.1, 0.15) is 6.10 Å². The lowest BCUT2D eigenvalue weighted by atomic mass is 9.98. The van der Waals surface area contributed by atoms with Gasteiger partial charge in [-0.1, -0.05) is 19.8 Å². The predicted molar refractivity (Wildman–Crippen MR) is 60.1 cm³/mol. The maximum atomic E-state index is 11.2. The van der Waals surface area contributed by atoms with E-state index in [9.17, 15) is 9.59 Å². The van der Waals surface area contributed by atoms with Crippen LogP contribution in [0, 0.1) is 0 Å². The fourth-order valence-electron chi connectivity index (χ4n) is 1.78.